The Morgan fingerprint density at radius 3 is 2.63 bits per heavy atom. The summed E-state index contributed by atoms with van der Waals surface area (Å²) in [5.41, 5.74) is 2.55. The molecule has 0 spiro atoms. The molecular formula is C14H15BrN2O2. The predicted molar refractivity (Wildman–Crippen MR) is 77.2 cm³/mol. The van der Waals surface area contributed by atoms with Crippen LogP contribution in [0.15, 0.2) is 30.5 Å². The van der Waals surface area contributed by atoms with Crippen LogP contribution in [0, 0.1) is 6.92 Å². The number of aryl methyl sites for hydroxylation is 1. The van der Waals surface area contributed by atoms with Gasteiger partial charge >= 0.3 is 0 Å². The highest BCUT2D eigenvalue weighted by Gasteiger charge is 2.12. The van der Waals surface area contributed by atoms with Gasteiger partial charge in [-0.15, -0.1) is 0 Å². The van der Waals surface area contributed by atoms with Crippen LogP contribution in [0.4, 0.5) is 0 Å². The summed E-state index contributed by atoms with van der Waals surface area (Å²) < 4.78 is 6.90. The van der Waals surface area contributed by atoms with Crippen molar-refractivity contribution in [2.24, 2.45) is 0 Å². The summed E-state index contributed by atoms with van der Waals surface area (Å²) in [6, 6.07) is 7.80. The second kappa shape index (κ2) is 6.02. The lowest BCUT2D eigenvalue weighted by Crippen LogP contribution is -2.01. The summed E-state index contributed by atoms with van der Waals surface area (Å²) in [4.78, 5) is 11.7. The van der Waals surface area contributed by atoms with Crippen LogP contribution in [0.5, 0.6) is 5.75 Å². The number of carbonyl (C=O) groups is 1. The topological polar surface area (TPSA) is 44.1 Å². The summed E-state index contributed by atoms with van der Waals surface area (Å²) in [7, 11) is 1.64. The molecule has 2 aromatic rings. The molecule has 5 heteroatoms. The highest BCUT2D eigenvalue weighted by Crippen LogP contribution is 2.14. The number of ether oxygens (including phenoxy) is 1. The van der Waals surface area contributed by atoms with Gasteiger partial charge in [-0.05, 0) is 24.6 Å². The molecule has 1 aromatic heterocycles. The van der Waals surface area contributed by atoms with Gasteiger partial charge in [0.1, 0.15) is 5.75 Å². The Kier molecular flexibility index (Phi) is 4.37. The second-order valence-corrected chi connectivity index (χ2v) is 4.79. The van der Waals surface area contributed by atoms with E-state index in [1.165, 1.54) is 0 Å². The van der Waals surface area contributed by atoms with E-state index < -0.39 is 0 Å². The van der Waals surface area contributed by atoms with E-state index in [0.29, 0.717) is 17.4 Å². The average molecular weight is 323 g/mol. The molecule has 100 valence electrons. The number of alkyl halides is 1. The Labute approximate surface area is 120 Å². The largest absolute Gasteiger partial charge is 0.497 e. The molecule has 2 rings (SSSR count). The van der Waals surface area contributed by atoms with Crippen LogP contribution < -0.4 is 4.74 Å². The van der Waals surface area contributed by atoms with E-state index in [0.717, 1.165) is 17.0 Å². The zero-order valence-corrected chi connectivity index (χ0v) is 12.5. The Hall–Kier alpha value is -1.62. The number of rotatable bonds is 5. The van der Waals surface area contributed by atoms with E-state index in [1.54, 1.807) is 18.0 Å². The number of ketones is 1. The molecule has 0 bridgehead atoms. The number of benzene rings is 1. The van der Waals surface area contributed by atoms with Crippen LogP contribution in [-0.4, -0.2) is 28.0 Å². The Morgan fingerprint density at radius 2 is 2.05 bits per heavy atom. The third kappa shape index (κ3) is 3.23. The first-order chi connectivity index (χ1) is 9.13. The van der Waals surface area contributed by atoms with Gasteiger partial charge in [-0.2, -0.15) is 5.10 Å². The fraction of sp³-hybridized carbons (Fsp3) is 0.286. The van der Waals surface area contributed by atoms with Crippen LogP contribution >= 0.6 is 15.9 Å². The molecule has 0 aliphatic heterocycles. The van der Waals surface area contributed by atoms with Gasteiger partial charge in [0, 0.05) is 6.20 Å². The minimum Gasteiger partial charge on any atom is -0.497 e. The highest BCUT2D eigenvalue weighted by molar-refractivity contribution is 9.09. The predicted octanol–water partition coefficient (Wildman–Crippen LogP) is 2.83. The molecule has 0 N–H and O–H groups in total. The maximum absolute atomic E-state index is 11.7. The van der Waals surface area contributed by atoms with Gasteiger partial charge in [0.15, 0.2) is 5.78 Å². The summed E-state index contributed by atoms with van der Waals surface area (Å²) >= 11 is 3.18. The molecule has 0 saturated carbocycles. The van der Waals surface area contributed by atoms with E-state index in [1.807, 2.05) is 31.2 Å². The molecule has 1 heterocycles. The third-order valence-electron chi connectivity index (χ3n) is 2.87. The summed E-state index contributed by atoms with van der Waals surface area (Å²) in [6.07, 6.45) is 1.79. The number of methoxy groups -OCH3 is 1. The molecule has 19 heavy (non-hydrogen) atoms. The Balaban J connectivity index is 2.16. The van der Waals surface area contributed by atoms with Gasteiger partial charge in [0.25, 0.3) is 0 Å². The van der Waals surface area contributed by atoms with Gasteiger partial charge in [-0.25, -0.2) is 0 Å². The first kappa shape index (κ1) is 13.8. The molecule has 0 unspecified atom stereocenters. The average Bonchev–Trinajstić information content (AvgIpc) is 2.79. The van der Waals surface area contributed by atoms with Crippen LogP contribution in [0.1, 0.15) is 21.6 Å². The van der Waals surface area contributed by atoms with Crippen molar-refractivity contribution in [1.29, 1.82) is 0 Å². The molecule has 0 aliphatic rings. The van der Waals surface area contributed by atoms with Gasteiger partial charge < -0.3 is 4.74 Å². The van der Waals surface area contributed by atoms with E-state index in [2.05, 4.69) is 21.0 Å². The first-order valence-corrected chi connectivity index (χ1v) is 7.02. The van der Waals surface area contributed by atoms with Crippen molar-refractivity contribution in [3.63, 3.8) is 0 Å². The first-order valence-electron chi connectivity index (χ1n) is 5.90. The maximum atomic E-state index is 11.7. The SMILES string of the molecule is COc1ccc(Cn2cc(C(=O)CBr)c(C)n2)cc1. The molecule has 1 aromatic carbocycles. The summed E-state index contributed by atoms with van der Waals surface area (Å²) in [5, 5.41) is 4.68. The van der Waals surface area contributed by atoms with E-state index in [-0.39, 0.29) is 5.78 Å². The van der Waals surface area contributed by atoms with Crippen LogP contribution in [-0.2, 0) is 6.54 Å². The Bertz CT molecular complexity index is 576. The lowest BCUT2D eigenvalue weighted by atomic mass is 10.2. The monoisotopic (exact) mass is 322 g/mol. The van der Waals surface area contributed by atoms with Gasteiger partial charge in [-0.3, -0.25) is 9.48 Å². The van der Waals surface area contributed by atoms with Crippen molar-refractivity contribution in [3.8, 4) is 5.75 Å². The van der Waals surface area contributed by atoms with Gasteiger partial charge in [0.05, 0.1) is 30.2 Å². The fourth-order valence-electron chi connectivity index (χ4n) is 1.86. The number of nitrogens with zero attached hydrogens (tertiary/aromatic N) is 2. The third-order valence-corrected chi connectivity index (χ3v) is 3.38. The van der Waals surface area contributed by atoms with E-state index >= 15 is 0 Å². The standard InChI is InChI=1S/C14H15BrN2O2/c1-10-13(14(18)7-15)9-17(16-10)8-11-3-5-12(19-2)6-4-11/h3-6,9H,7-8H2,1-2H3. The van der Waals surface area contributed by atoms with Crippen molar-refractivity contribution in [3.05, 3.63) is 47.3 Å². The fourth-order valence-corrected chi connectivity index (χ4v) is 2.16. The quantitative estimate of drug-likeness (QED) is 0.628. The number of aromatic nitrogens is 2. The molecule has 0 aliphatic carbocycles. The lowest BCUT2D eigenvalue weighted by Gasteiger charge is -2.03. The zero-order valence-electron chi connectivity index (χ0n) is 10.9. The molecule has 0 amide bonds. The molecule has 4 nitrogen and oxygen atoms in total. The minimum atomic E-state index is 0.0541. The van der Waals surface area contributed by atoms with Crippen molar-refractivity contribution in [1.82, 2.24) is 9.78 Å². The normalized spacial score (nSPS) is 10.5. The molecular weight excluding hydrogens is 308 g/mol. The maximum Gasteiger partial charge on any atom is 0.176 e. The Morgan fingerprint density at radius 1 is 1.37 bits per heavy atom. The van der Waals surface area contributed by atoms with Crippen molar-refractivity contribution in [2.45, 2.75) is 13.5 Å². The van der Waals surface area contributed by atoms with Gasteiger partial charge in [-0.1, -0.05) is 28.1 Å². The number of hydrogen-bond donors (Lipinski definition) is 0. The highest BCUT2D eigenvalue weighted by atomic mass is 79.9. The van der Waals surface area contributed by atoms with E-state index in [9.17, 15) is 4.79 Å². The molecule has 0 saturated heterocycles. The minimum absolute atomic E-state index is 0.0541. The van der Waals surface area contributed by atoms with Crippen LogP contribution in [0.3, 0.4) is 0 Å². The number of hydrogen-bond acceptors (Lipinski definition) is 3. The smallest absolute Gasteiger partial charge is 0.176 e. The van der Waals surface area contributed by atoms with Crippen molar-refractivity contribution in [2.75, 3.05) is 12.4 Å². The van der Waals surface area contributed by atoms with Crippen LogP contribution in [0.2, 0.25) is 0 Å². The number of halogens is 1. The molecule has 0 atom stereocenters. The lowest BCUT2D eigenvalue weighted by molar-refractivity contribution is 0.102. The second-order valence-electron chi connectivity index (χ2n) is 4.23. The zero-order chi connectivity index (χ0) is 13.8. The molecule has 0 fully saturated rings. The van der Waals surface area contributed by atoms with Crippen molar-refractivity contribution < 1.29 is 9.53 Å². The molecule has 0 radical (unpaired) electrons. The van der Waals surface area contributed by atoms with Crippen molar-refractivity contribution >= 4 is 21.7 Å². The number of Topliss-reactive ketones (excluding diaryl/α,β-unsaturated/α-hetero) is 1. The summed E-state index contributed by atoms with van der Waals surface area (Å²) in [5.74, 6) is 0.883. The van der Waals surface area contributed by atoms with E-state index in [4.69, 9.17) is 4.74 Å². The summed E-state index contributed by atoms with van der Waals surface area (Å²) in [6.45, 7) is 2.49. The van der Waals surface area contributed by atoms with Gasteiger partial charge in [0.2, 0.25) is 0 Å². The number of carbonyl (C=O) groups excluding carboxylic acids is 1. The van der Waals surface area contributed by atoms with Crippen LogP contribution in [0.25, 0.3) is 0 Å².